The minimum atomic E-state index is 0.226. The molecule has 0 aliphatic heterocycles. The van der Waals surface area contributed by atoms with Crippen LogP contribution in [0.2, 0.25) is 0 Å². The second-order valence-corrected chi connectivity index (χ2v) is 3.95. The third-order valence-corrected chi connectivity index (χ3v) is 2.65. The van der Waals surface area contributed by atoms with Gasteiger partial charge in [0.15, 0.2) is 11.5 Å². The van der Waals surface area contributed by atoms with Crippen molar-refractivity contribution in [2.75, 3.05) is 11.5 Å². The molecule has 19 heavy (non-hydrogen) atoms. The number of hydrogen-bond donors (Lipinski definition) is 3. The summed E-state index contributed by atoms with van der Waals surface area (Å²) in [5.74, 6) is 0.521. The molecule has 0 fully saturated rings. The molecule has 0 unspecified atom stereocenters. The van der Waals surface area contributed by atoms with Gasteiger partial charge in [0.2, 0.25) is 0 Å². The van der Waals surface area contributed by atoms with Gasteiger partial charge in [-0.3, -0.25) is 10.1 Å². The largest absolute Gasteiger partial charge is 0.382 e. The van der Waals surface area contributed by atoms with Crippen LogP contribution in [0, 0.1) is 0 Å². The van der Waals surface area contributed by atoms with Crippen molar-refractivity contribution in [3.05, 3.63) is 36.5 Å². The number of hydrogen-bond acceptors (Lipinski definition) is 6. The van der Waals surface area contributed by atoms with Crippen LogP contribution < -0.4 is 11.5 Å². The van der Waals surface area contributed by atoms with Crippen molar-refractivity contribution in [2.24, 2.45) is 10.2 Å². The molecule has 5 N–H and O–H groups in total. The molecule has 0 bridgehead atoms. The number of anilines is 2. The van der Waals surface area contributed by atoms with Crippen LogP contribution in [-0.4, -0.2) is 15.2 Å². The number of aromatic nitrogens is 3. The Balaban J connectivity index is 1.97. The molecule has 7 heteroatoms. The van der Waals surface area contributed by atoms with Gasteiger partial charge in [0.1, 0.15) is 5.82 Å². The first-order chi connectivity index (χ1) is 9.24. The molecule has 2 aromatic heterocycles. The van der Waals surface area contributed by atoms with E-state index in [9.17, 15) is 0 Å². The average Bonchev–Trinajstić information content (AvgIpc) is 2.76. The highest BCUT2D eigenvalue weighted by Crippen LogP contribution is 2.28. The summed E-state index contributed by atoms with van der Waals surface area (Å²) in [5, 5.41) is 15.4. The van der Waals surface area contributed by atoms with E-state index in [-0.39, 0.29) is 5.82 Å². The van der Waals surface area contributed by atoms with Gasteiger partial charge < -0.3 is 11.5 Å². The minimum Gasteiger partial charge on any atom is -0.382 e. The lowest BCUT2D eigenvalue weighted by atomic mass is 10.2. The van der Waals surface area contributed by atoms with Crippen LogP contribution in [0.25, 0.3) is 10.9 Å². The lowest BCUT2D eigenvalue weighted by Crippen LogP contribution is -1.84. The Morgan fingerprint density at radius 2 is 2.00 bits per heavy atom. The van der Waals surface area contributed by atoms with Crippen LogP contribution in [0.3, 0.4) is 0 Å². The molecule has 0 amide bonds. The molecule has 3 rings (SSSR count). The lowest BCUT2D eigenvalue weighted by molar-refractivity contribution is 1.11. The van der Waals surface area contributed by atoms with Crippen molar-refractivity contribution < 1.29 is 0 Å². The van der Waals surface area contributed by atoms with E-state index in [0.717, 1.165) is 10.9 Å². The molecule has 2 heterocycles. The molecule has 0 spiro atoms. The number of nitrogens with two attached hydrogens (primary N) is 2. The number of fused-ring (bicyclic) bond motifs is 1. The summed E-state index contributed by atoms with van der Waals surface area (Å²) in [6.45, 7) is 0. The second-order valence-electron chi connectivity index (χ2n) is 3.95. The summed E-state index contributed by atoms with van der Waals surface area (Å²) < 4.78 is 0. The lowest BCUT2D eigenvalue weighted by Gasteiger charge is -1.97. The van der Waals surface area contributed by atoms with Gasteiger partial charge >= 0.3 is 0 Å². The number of nitrogens with one attached hydrogen (secondary N) is 1. The van der Waals surface area contributed by atoms with Gasteiger partial charge in [-0.1, -0.05) is 6.07 Å². The van der Waals surface area contributed by atoms with E-state index >= 15 is 0 Å². The molecule has 0 atom stereocenters. The summed E-state index contributed by atoms with van der Waals surface area (Å²) in [5.41, 5.74) is 13.2. The topological polar surface area (TPSA) is 118 Å². The molecule has 0 aliphatic carbocycles. The molecule has 3 aromatic rings. The molecular formula is C12H11N7. The Kier molecular flexibility index (Phi) is 2.57. The molecular weight excluding hydrogens is 242 g/mol. The van der Waals surface area contributed by atoms with Crippen LogP contribution in [0.5, 0.6) is 0 Å². The summed E-state index contributed by atoms with van der Waals surface area (Å²) in [7, 11) is 0. The number of pyridine rings is 1. The molecule has 7 nitrogen and oxygen atoms in total. The Labute approximate surface area is 108 Å². The number of H-pyrrole nitrogens is 1. The quantitative estimate of drug-likeness (QED) is 0.608. The molecule has 0 aliphatic rings. The highest BCUT2D eigenvalue weighted by Gasteiger charge is 2.06. The first-order valence-electron chi connectivity index (χ1n) is 5.60. The Morgan fingerprint density at radius 3 is 2.79 bits per heavy atom. The van der Waals surface area contributed by atoms with E-state index in [1.165, 1.54) is 0 Å². The first-order valence-corrected chi connectivity index (χ1v) is 5.60. The predicted molar refractivity (Wildman–Crippen MR) is 73.3 cm³/mol. The Morgan fingerprint density at radius 1 is 1.11 bits per heavy atom. The summed E-state index contributed by atoms with van der Waals surface area (Å²) in [6, 6.07) is 9.42. The van der Waals surface area contributed by atoms with Crippen LogP contribution in [-0.2, 0) is 0 Å². The van der Waals surface area contributed by atoms with Crippen molar-refractivity contribution in [3.8, 4) is 0 Å². The van der Waals surface area contributed by atoms with E-state index in [4.69, 9.17) is 11.5 Å². The van der Waals surface area contributed by atoms with Gasteiger partial charge in [-0.05, 0) is 24.3 Å². The maximum Gasteiger partial charge on any atom is 0.175 e. The monoisotopic (exact) mass is 253 g/mol. The van der Waals surface area contributed by atoms with Gasteiger partial charge in [0.25, 0.3) is 0 Å². The highest BCUT2D eigenvalue weighted by molar-refractivity contribution is 5.81. The van der Waals surface area contributed by atoms with Crippen LogP contribution >= 0.6 is 0 Å². The molecule has 0 radical (unpaired) electrons. The standard InChI is InChI=1S/C12H11N7/c13-11-10(12(14)19-18-11)17-16-8-3-4-9-7(6-8)2-1-5-15-9/h1-6H,(H5,13,14,18,19). The fourth-order valence-electron chi connectivity index (χ4n) is 1.70. The number of benzene rings is 1. The van der Waals surface area contributed by atoms with E-state index in [0.29, 0.717) is 17.2 Å². The van der Waals surface area contributed by atoms with Crippen molar-refractivity contribution in [3.63, 3.8) is 0 Å². The predicted octanol–water partition coefficient (Wildman–Crippen LogP) is 2.54. The van der Waals surface area contributed by atoms with Crippen molar-refractivity contribution in [1.82, 2.24) is 15.2 Å². The normalized spacial score (nSPS) is 11.4. The second kappa shape index (κ2) is 4.37. The Bertz CT molecular complexity index is 740. The first kappa shape index (κ1) is 11.1. The maximum atomic E-state index is 5.63. The van der Waals surface area contributed by atoms with Crippen molar-refractivity contribution in [2.45, 2.75) is 0 Å². The van der Waals surface area contributed by atoms with Crippen molar-refractivity contribution >= 4 is 33.9 Å². The number of aromatic amines is 1. The summed E-state index contributed by atoms with van der Waals surface area (Å²) in [4.78, 5) is 4.23. The maximum absolute atomic E-state index is 5.63. The van der Waals surface area contributed by atoms with Crippen LogP contribution in [0.1, 0.15) is 0 Å². The van der Waals surface area contributed by atoms with Gasteiger partial charge in [-0.2, -0.15) is 10.2 Å². The molecule has 94 valence electrons. The van der Waals surface area contributed by atoms with E-state index in [2.05, 4.69) is 25.4 Å². The summed E-state index contributed by atoms with van der Waals surface area (Å²) >= 11 is 0. The van der Waals surface area contributed by atoms with E-state index in [1.807, 2.05) is 30.3 Å². The SMILES string of the molecule is Nc1n[nH]c(N)c1N=Nc1ccc2ncccc2c1. The smallest absolute Gasteiger partial charge is 0.175 e. The number of azo groups is 1. The number of nitrogens with zero attached hydrogens (tertiary/aromatic N) is 4. The third kappa shape index (κ3) is 2.08. The minimum absolute atomic E-state index is 0.226. The van der Waals surface area contributed by atoms with Gasteiger partial charge in [-0.15, -0.1) is 5.11 Å². The summed E-state index contributed by atoms with van der Waals surface area (Å²) in [6.07, 6.45) is 1.75. The number of rotatable bonds is 2. The zero-order chi connectivity index (χ0) is 13.2. The highest BCUT2D eigenvalue weighted by atomic mass is 15.2. The van der Waals surface area contributed by atoms with Crippen molar-refractivity contribution in [1.29, 1.82) is 0 Å². The van der Waals surface area contributed by atoms with E-state index < -0.39 is 0 Å². The Hall–Kier alpha value is -2.96. The molecule has 0 saturated carbocycles. The number of nitrogen functional groups attached to an aromatic ring is 2. The average molecular weight is 253 g/mol. The zero-order valence-electron chi connectivity index (χ0n) is 9.91. The van der Waals surface area contributed by atoms with Gasteiger partial charge in [-0.25, -0.2) is 0 Å². The van der Waals surface area contributed by atoms with Gasteiger partial charge in [0, 0.05) is 11.6 Å². The fourth-order valence-corrected chi connectivity index (χ4v) is 1.70. The zero-order valence-corrected chi connectivity index (χ0v) is 9.91. The fraction of sp³-hybridized carbons (Fsp3) is 0. The molecule has 0 saturated heterocycles. The van der Waals surface area contributed by atoms with Crippen LogP contribution in [0.4, 0.5) is 23.0 Å². The van der Waals surface area contributed by atoms with Crippen LogP contribution in [0.15, 0.2) is 46.8 Å². The molecule has 1 aromatic carbocycles. The van der Waals surface area contributed by atoms with Gasteiger partial charge in [0.05, 0.1) is 11.2 Å². The van der Waals surface area contributed by atoms with E-state index in [1.54, 1.807) is 6.20 Å². The third-order valence-electron chi connectivity index (χ3n) is 2.65.